The predicted octanol–water partition coefficient (Wildman–Crippen LogP) is 1.94. The fraction of sp³-hybridized carbons (Fsp3) is 0.632. The van der Waals surface area contributed by atoms with Crippen molar-refractivity contribution in [2.45, 2.75) is 51.1 Å². The maximum absolute atomic E-state index is 12.5. The maximum Gasteiger partial charge on any atom is 0.231 e. The molecule has 4 N–H and O–H groups in total. The van der Waals surface area contributed by atoms with Gasteiger partial charge in [0.25, 0.3) is 0 Å². The molecule has 0 saturated heterocycles. The Kier molecular flexibility index (Phi) is 6.15. The third-order valence-corrected chi connectivity index (χ3v) is 5.28. The molecule has 138 valence electrons. The molecule has 0 spiro atoms. The standard InChI is InChI=1S/C19H28N2O4/c20-16(8-13-4-2-1-3-5-13)15(11-22)19(23)21-10-14-6-7-17-18(9-14)25-12-24-17/h6-7,9,13,15-16,22H,1-5,8,10-12,20H2,(H,21,23)/t15?,16-/m1/s1. The van der Waals surface area contributed by atoms with Crippen LogP contribution in [0, 0.1) is 11.8 Å². The lowest BCUT2D eigenvalue weighted by molar-refractivity contribution is -0.127. The number of benzene rings is 1. The van der Waals surface area contributed by atoms with E-state index >= 15 is 0 Å². The van der Waals surface area contributed by atoms with Gasteiger partial charge in [-0.3, -0.25) is 4.79 Å². The monoisotopic (exact) mass is 348 g/mol. The minimum atomic E-state index is -0.559. The Balaban J connectivity index is 1.51. The summed E-state index contributed by atoms with van der Waals surface area (Å²) >= 11 is 0. The van der Waals surface area contributed by atoms with Crippen LogP contribution < -0.4 is 20.5 Å². The first-order chi connectivity index (χ1) is 12.2. The van der Waals surface area contributed by atoms with Crippen molar-refractivity contribution in [3.05, 3.63) is 23.8 Å². The molecule has 2 atom stereocenters. The van der Waals surface area contributed by atoms with E-state index < -0.39 is 5.92 Å². The van der Waals surface area contributed by atoms with Crippen LogP contribution in [-0.2, 0) is 11.3 Å². The molecule has 1 aliphatic heterocycles. The van der Waals surface area contributed by atoms with Gasteiger partial charge in [0.2, 0.25) is 12.7 Å². The minimum Gasteiger partial charge on any atom is -0.454 e. The molecule has 0 bridgehead atoms. The molecule has 1 unspecified atom stereocenters. The van der Waals surface area contributed by atoms with Gasteiger partial charge in [0.1, 0.15) is 0 Å². The number of fused-ring (bicyclic) bond motifs is 1. The first kappa shape index (κ1) is 18.0. The number of hydrogen-bond donors (Lipinski definition) is 3. The van der Waals surface area contributed by atoms with Gasteiger partial charge in [-0.15, -0.1) is 0 Å². The lowest BCUT2D eigenvalue weighted by Crippen LogP contribution is -2.44. The first-order valence-corrected chi connectivity index (χ1v) is 9.20. The molecule has 0 radical (unpaired) electrons. The molecule has 1 aromatic rings. The topological polar surface area (TPSA) is 93.8 Å². The van der Waals surface area contributed by atoms with Gasteiger partial charge in [0.05, 0.1) is 12.5 Å². The normalized spacial score (nSPS) is 19.4. The van der Waals surface area contributed by atoms with Gasteiger partial charge in [-0.05, 0) is 30.0 Å². The number of aliphatic hydroxyl groups is 1. The Bertz CT molecular complexity index is 587. The second-order valence-electron chi connectivity index (χ2n) is 7.10. The molecule has 25 heavy (non-hydrogen) atoms. The number of rotatable bonds is 7. The molecular formula is C19H28N2O4. The molecule has 1 fully saturated rings. The van der Waals surface area contributed by atoms with Crippen molar-refractivity contribution in [2.75, 3.05) is 13.4 Å². The Morgan fingerprint density at radius 3 is 2.76 bits per heavy atom. The van der Waals surface area contributed by atoms with E-state index in [9.17, 15) is 9.90 Å². The van der Waals surface area contributed by atoms with Crippen LogP contribution in [0.1, 0.15) is 44.1 Å². The molecule has 1 aliphatic carbocycles. The molecule has 6 heteroatoms. The zero-order valence-electron chi connectivity index (χ0n) is 14.6. The number of hydrogen-bond acceptors (Lipinski definition) is 5. The molecule has 1 heterocycles. The first-order valence-electron chi connectivity index (χ1n) is 9.20. The zero-order valence-corrected chi connectivity index (χ0v) is 14.6. The second-order valence-corrected chi connectivity index (χ2v) is 7.10. The van der Waals surface area contributed by atoms with Crippen molar-refractivity contribution in [1.82, 2.24) is 5.32 Å². The fourth-order valence-corrected chi connectivity index (χ4v) is 3.76. The summed E-state index contributed by atoms with van der Waals surface area (Å²) in [5.74, 6) is 1.25. The van der Waals surface area contributed by atoms with E-state index in [-0.39, 0.29) is 25.3 Å². The molecule has 0 aromatic heterocycles. The summed E-state index contributed by atoms with van der Waals surface area (Å²) in [6.45, 7) is 0.386. The third kappa shape index (κ3) is 4.64. The summed E-state index contributed by atoms with van der Waals surface area (Å²) in [6.07, 6.45) is 6.97. The van der Waals surface area contributed by atoms with Crippen molar-refractivity contribution in [1.29, 1.82) is 0 Å². The van der Waals surface area contributed by atoms with E-state index in [2.05, 4.69) is 5.32 Å². The van der Waals surface area contributed by atoms with Gasteiger partial charge in [0.15, 0.2) is 11.5 Å². The Hall–Kier alpha value is -1.79. The quantitative estimate of drug-likeness (QED) is 0.700. The smallest absolute Gasteiger partial charge is 0.231 e. The number of carbonyl (C=O) groups is 1. The highest BCUT2D eigenvalue weighted by Gasteiger charge is 2.28. The molecule has 2 aliphatic rings. The van der Waals surface area contributed by atoms with Gasteiger partial charge in [0, 0.05) is 12.6 Å². The lowest BCUT2D eigenvalue weighted by atomic mass is 9.82. The minimum absolute atomic E-state index is 0.191. The van der Waals surface area contributed by atoms with Crippen molar-refractivity contribution in [3.63, 3.8) is 0 Å². The molecule has 3 rings (SSSR count). The van der Waals surface area contributed by atoms with Crippen LogP contribution in [-0.4, -0.2) is 30.5 Å². The highest BCUT2D eigenvalue weighted by Crippen LogP contribution is 2.32. The summed E-state index contributed by atoms with van der Waals surface area (Å²) in [5, 5.41) is 12.5. The van der Waals surface area contributed by atoms with E-state index in [1.54, 1.807) is 0 Å². The van der Waals surface area contributed by atoms with Crippen LogP contribution in [0.5, 0.6) is 11.5 Å². The SMILES string of the molecule is N[C@H](CC1CCCCC1)C(CO)C(=O)NCc1ccc2c(c1)OCO2. The summed E-state index contributed by atoms with van der Waals surface area (Å²) in [4.78, 5) is 12.5. The lowest BCUT2D eigenvalue weighted by Gasteiger charge is -2.28. The van der Waals surface area contributed by atoms with Gasteiger partial charge in [-0.2, -0.15) is 0 Å². The number of ether oxygens (including phenoxy) is 2. The highest BCUT2D eigenvalue weighted by atomic mass is 16.7. The van der Waals surface area contributed by atoms with Crippen molar-refractivity contribution < 1.29 is 19.4 Å². The average molecular weight is 348 g/mol. The summed E-state index contributed by atoms with van der Waals surface area (Å²) in [7, 11) is 0. The van der Waals surface area contributed by atoms with Crippen molar-refractivity contribution in [3.8, 4) is 11.5 Å². The predicted molar refractivity (Wildman–Crippen MR) is 94.2 cm³/mol. The molecular weight excluding hydrogens is 320 g/mol. The fourth-order valence-electron chi connectivity index (χ4n) is 3.76. The number of nitrogens with one attached hydrogen (secondary N) is 1. The summed E-state index contributed by atoms with van der Waals surface area (Å²) in [6, 6.07) is 5.29. The van der Waals surface area contributed by atoms with Gasteiger partial charge < -0.3 is 25.6 Å². The van der Waals surface area contributed by atoms with Crippen LogP contribution in [0.2, 0.25) is 0 Å². The van der Waals surface area contributed by atoms with E-state index in [0.717, 1.165) is 17.7 Å². The third-order valence-electron chi connectivity index (χ3n) is 5.28. The Morgan fingerprint density at radius 1 is 1.24 bits per heavy atom. The van der Waals surface area contributed by atoms with Gasteiger partial charge in [-0.1, -0.05) is 38.2 Å². The van der Waals surface area contributed by atoms with Gasteiger partial charge in [-0.25, -0.2) is 0 Å². The largest absolute Gasteiger partial charge is 0.454 e. The number of carbonyl (C=O) groups excluding carboxylic acids is 1. The molecule has 1 amide bonds. The van der Waals surface area contributed by atoms with Gasteiger partial charge >= 0.3 is 0 Å². The molecule has 1 aromatic carbocycles. The van der Waals surface area contributed by atoms with Crippen LogP contribution in [0.25, 0.3) is 0 Å². The van der Waals surface area contributed by atoms with E-state index in [1.165, 1.54) is 32.1 Å². The Labute approximate surface area is 148 Å². The van der Waals surface area contributed by atoms with Crippen LogP contribution >= 0.6 is 0 Å². The van der Waals surface area contributed by atoms with Crippen LogP contribution in [0.15, 0.2) is 18.2 Å². The molecule has 6 nitrogen and oxygen atoms in total. The number of amides is 1. The second kappa shape index (κ2) is 8.54. The zero-order chi connectivity index (χ0) is 17.6. The van der Waals surface area contributed by atoms with E-state index in [4.69, 9.17) is 15.2 Å². The summed E-state index contributed by atoms with van der Waals surface area (Å²) in [5.41, 5.74) is 7.17. The van der Waals surface area contributed by atoms with Crippen molar-refractivity contribution >= 4 is 5.91 Å². The summed E-state index contributed by atoms with van der Waals surface area (Å²) < 4.78 is 10.6. The van der Waals surface area contributed by atoms with Crippen LogP contribution in [0.3, 0.4) is 0 Å². The average Bonchev–Trinajstić information content (AvgIpc) is 3.09. The number of nitrogens with two attached hydrogens (primary N) is 1. The van der Waals surface area contributed by atoms with E-state index in [1.807, 2.05) is 18.2 Å². The highest BCUT2D eigenvalue weighted by molar-refractivity contribution is 5.79. The number of aliphatic hydroxyl groups excluding tert-OH is 1. The van der Waals surface area contributed by atoms with E-state index in [0.29, 0.717) is 18.2 Å². The molecule has 1 saturated carbocycles. The maximum atomic E-state index is 12.5. The van der Waals surface area contributed by atoms with Crippen LogP contribution in [0.4, 0.5) is 0 Å². The van der Waals surface area contributed by atoms with Crippen molar-refractivity contribution in [2.24, 2.45) is 17.6 Å². The Morgan fingerprint density at radius 2 is 2.00 bits per heavy atom.